The standard InChI is InChI=1S/C32H47N3O6S.C25H33NO4S.2C7H14N2O3.C5H10O2.C4H6O4.C2H3BO2.Na/c1-21-6-8-22(9-7-21)29(36)35(27-20-26(14-17-32(2,3)4)42-28(27)30(37)38)24-12-10-23(11-13-24)33-34(5)31(39)41-25-15-18-40-19-16-25;1-16-5-7-17(8-6-16)23(28)26(18-9-11-19(27)12-10-18)21-15-20(13-14-25(2,3)4)31-22(21)24(29)30;2*1-9(8)7(10)12-6-2-4-11-5-3-6;6-5-1-3-7-4-2-5;1-3(5)7-8-4(2)6;1-2(4)5-3;/h20-25,33H,6-13,15-16,18-19H2,1-5H3,(H,37,38);15-18H,5-12H2,1-4H3,(H,29,30);2*6H,2-5,8H2,1H3;5-6H,1-4H2;1-2H3;1H3;/q;;;;;;-1;+1. The SMILES string of the molecule is CC(=O)OOC(C)=O.CC1CCC(C(=O)N(c2cc(C#CC(C)(C)C)sc2C(=O)O)C2CCC(=O)CC2)CC1.CC1CCC(C(=O)N(c2cc(C#CC(C)(C)C)sc2C(=O)O)C2CCC(NN(C)C(=O)OC3CCOCC3)CC2)CC1.CN(N)C(=O)OC1CCOCC1.CN(N)C(=O)OC1CCOCC1.OC1CCOCC1.[B-]OC(C)=O.[Na+]. The number of thiophene rings is 2. The second kappa shape index (κ2) is 54.4. The smallest absolute Gasteiger partial charge is 0.793 e. The number of Topliss-reactive ketones (excluding diaryl/α,β-unsaturated/α-hetero) is 1. The van der Waals surface area contributed by atoms with Crippen LogP contribution in [0.15, 0.2) is 12.1 Å². The van der Waals surface area contributed by atoms with Crippen molar-refractivity contribution in [1.82, 2.24) is 20.5 Å². The quantitative estimate of drug-likeness (QED) is 0.0208. The van der Waals surface area contributed by atoms with Crippen molar-refractivity contribution >= 4 is 108 Å². The van der Waals surface area contributed by atoms with Crippen molar-refractivity contribution in [2.45, 2.75) is 273 Å². The molecule has 4 saturated carbocycles. The number of hydrazine groups is 3. The van der Waals surface area contributed by atoms with Crippen LogP contribution in [-0.4, -0.2) is 221 Å². The van der Waals surface area contributed by atoms with Crippen molar-refractivity contribution < 1.29 is 145 Å². The Bertz CT molecular complexity index is 3550. The minimum Gasteiger partial charge on any atom is -0.793 e. The number of aromatic carboxylic acids is 2. The molecule has 3 radical (unpaired) electrons. The largest absolute Gasteiger partial charge is 1.00 e. The van der Waals surface area contributed by atoms with Crippen LogP contribution in [0, 0.1) is 58.2 Å². The van der Waals surface area contributed by atoms with Gasteiger partial charge in [0.15, 0.2) is 0 Å². The van der Waals surface area contributed by atoms with E-state index in [9.17, 15) is 63.0 Å². The van der Waals surface area contributed by atoms with Crippen molar-refractivity contribution in [2.24, 2.45) is 46.2 Å². The Morgan fingerprint density at radius 3 is 1.08 bits per heavy atom. The molecule has 8 N–H and O–H groups in total. The number of carbonyl (C=O) groups excluding carboxylic acids is 9. The van der Waals surface area contributed by atoms with Gasteiger partial charge in [0.2, 0.25) is 17.8 Å². The molecule has 10 rings (SSSR count). The minimum atomic E-state index is -1.04. The molecule has 2 aromatic heterocycles. The molecule has 0 unspecified atom stereocenters. The number of rotatable bonds is 13. The van der Waals surface area contributed by atoms with Crippen LogP contribution < -0.4 is 56.5 Å². The first-order chi connectivity index (χ1) is 55.1. The van der Waals surface area contributed by atoms with E-state index >= 15 is 0 Å². The monoisotopic (exact) mass is 1710 g/mol. The predicted octanol–water partition coefficient (Wildman–Crippen LogP) is 8.62. The number of ketones is 1. The molecule has 5 amide bonds. The molecule has 0 atom stereocenters. The summed E-state index contributed by atoms with van der Waals surface area (Å²) in [6.45, 7) is 25.3. The van der Waals surface area contributed by atoms with Crippen molar-refractivity contribution in [2.75, 3.05) is 83.8 Å². The van der Waals surface area contributed by atoms with Crippen LogP contribution in [0.5, 0.6) is 0 Å². The fourth-order valence-electron chi connectivity index (χ4n) is 13.3. The van der Waals surface area contributed by atoms with Crippen LogP contribution in [-0.2, 0) is 76.4 Å². The van der Waals surface area contributed by atoms with Gasteiger partial charge in [0, 0.05) is 147 Å². The van der Waals surface area contributed by atoms with E-state index in [1.807, 2.05) is 46.4 Å². The van der Waals surface area contributed by atoms with E-state index in [1.54, 1.807) is 24.1 Å². The third-order valence-electron chi connectivity index (χ3n) is 19.8. The summed E-state index contributed by atoms with van der Waals surface area (Å²) in [5, 5.41) is 32.2. The fourth-order valence-corrected chi connectivity index (χ4v) is 15.0. The molecule has 655 valence electrons. The number of amides is 5. The van der Waals surface area contributed by atoms with E-state index in [4.69, 9.17) is 49.9 Å². The molecular formula is C82H127BN8NaO24S2. The molecule has 4 saturated heterocycles. The molecule has 0 bridgehead atoms. The van der Waals surface area contributed by atoms with Gasteiger partial charge >= 0.3 is 71.7 Å². The molecule has 2 aromatic rings. The van der Waals surface area contributed by atoms with Crippen LogP contribution in [0.3, 0.4) is 0 Å². The summed E-state index contributed by atoms with van der Waals surface area (Å²) in [4.78, 5) is 141. The molecule has 4 aliphatic carbocycles. The van der Waals surface area contributed by atoms with Gasteiger partial charge in [0.05, 0.1) is 66.9 Å². The Morgan fingerprint density at radius 1 is 0.492 bits per heavy atom. The van der Waals surface area contributed by atoms with Gasteiger partial charge < -0.3 is 71.0 Å². The summed E-state index contributed by atoms with van der Waals surface area (Å²) in [6.07, 6.45) is 16.8. The summed E-state index contributed by atoms with van der Waals surface area (Å²) < 4.78 is 39.8. The number of carboxylic acids is 2. The summed E-state index contributed by atoms with van der Waals surface area (Å²) >= 11 is 2.28. The van der Waals surface area contributed by atoms with Crippen molar-refractivity contribution in [3.63, 3.8) is 0 Å². The van der Waals surface area contributed by atoms with Gasteiger partial charge in [-0.05, 0) is 168 Å². The van der Waals surface area contributed by atoms with Gasteiger partial charge in [-0.25, -0.2) is 75.5 Å². The molecule has 36 heteroatoms. The number of ether oxygens (including phenoxy) is 7. The number of anilines is 2. The first kappa shape index (κ1) is 105. The number of carboxylic acid groups (broad SMARTS) is 2. The number of nitrogens with two attached hydrogens (primary N) is 2. The summed E-state index contributed by atoms with van der Waals surface area (Å²) in [7, 11) is 8.92. The third-order valence-corrected chi connectivity index (χ3v) is 21.8. The van der Waals surface area contributed by atoms with Gasteiger partial charge in [-0.2, -0.15) is 0 Å². The predicted molar refractivity (Wildman–Crippen MR) is 439 cm³/mol. The zero-order valence-electron chi connectivity index (χ0n) is 71.8. The molecule has 6 heterocycles. The van der Waals surface area contributed by atoms with Gasteiger partial charge in [-0.15, -0.1) is 22.7 Å². The van der Waals surface area contributed by atoms with Crippen LogP contribution in [0.4, 0.5) is 25.8 Å². The molecule has 8 aliphatic rings. The number of hydrogen-bond donors (Lipinski definition) is 6. The Balaban J connectivity index is 0.000000408. The maximum absolute atomic E-state index is 14.2. The fraction of sp³-hybridized carbons (Fsp3) is 0.720. The zero-order chi connectivity index (χ0) is 87.1. The van der Waals surface area contributed by atoms with E-state index in [0.717, 1.165) is 162 Å². The molecule has 32 nitrogen and oxygen atoms in total. The van der Waals surface area contributed by atoms with Crippen LogP contribution >= 0.6 is 22.7 Å². The van der Waals surface area contributed by atoms with Crippen molar-refractivity contribution in [3.05, 3.63) is 31.6 Å². The number of aliphatic hydroxyl groups is 1. The Labute approximate surface area is 727 Å². The molecule has 118 heavy (non-hydrogen) atoms. The van der Waals surface area contributed by atoms with Gasteiger partial charge in [-0.3, -0.25) is 19.2 Å². The van der Waals surface area contributed by atoms with E-state index in [0.29, 0.717) is 124 Å². The van der Waals surface area contributed by atoms with Gasteiger partial charge in [0.25, 0.3) is 0 Å². The van der Waals surface area contributed by atoms with E-state index < -0.39 is 48.1 Å². The molecular weight excluding hydrogens is 1580 g/mol. The first-order valence-corrected chi connectivity index (χ1v) is 42.1. The van der Waals surface area contributed by atoms with Crippen LogP contribution in [0.2, 0.25) is 0 Å². The Morgan fingerprint density at radius 2 is 0.805 bits per heavy atom. The normalized spacial score (nSPS) is 21.0. The summed E-state index contributed by atoms with van der Waals surface area (Å²) in [6, 6.07) is 3.37. The number of aliphatic hydroxyl groups excluding tert-OH is 1. The average Bonchev–Trinajstić information content (AvgIpc) is 1.57. The third kappa shape index (κ3) is 41.1. The van der Waals surface area contributed by atoms with Crippen molar-refractivity contribution in [1.29, 1.82) is 0 Å². The maximum Gasteiger partial charge on any atom is 1.00 e. The van der Waals surface area contributed by atoms with Gasteiger partial charge in [0.1, 0.15) is 33.8 Å². The topological polar surface area (TPSA) is 421 Å². The second-order valence-corrected chi connectivity index (χ2v) is 34.6. The number of nitrogens with zero attached hydrogens (tertiary/aromatic N) is 5. The zero-order valence-corrected chi connectivity index (χ0v) is 75.5. The summed E-state index contributed by atoms with van der Waals surface area (Å²) in [5.74, 6) is 20.5. The maximum atomic E-state index is 14.2. The van der Waals surface area contributed by atoms with E-state index in [-0.39, 0.29) is 122 Å². The Kier molecular flexibility index (Phi) is 48.5. The molecule has 8 fully saturated rings. The first-order valence-electron chi connectivity index (χ1n) is 40.4. The minimum absolute atomic E-state index is 0. The van der Waals surface area contributed by atoms with E-state index in [1.165, 1.54) is 26.0 Å². The molecule has 0 spiro atoms. The molecule has 0 aromatic carbocycles. The van der Waals surface area contributed by atoms with Crippen LogP contribution in [0.1, 0.15) is 259 Å². The van der Waals surface area contributed by atoms with Crippen LogP contribution in [0.25, 0.3) is 0 Å². The number of carbonyl (C=O) groups is 11. The van der Waals surface area contributed by atoms with Crippen molar-refractivity contribution in [3.8, 4) is 23.7 Å². The Hall–Kier alpha value is -6.97. The summed E-state index contributed by atoms with van der Waals surface area (Å²) in [5.41, 5.74) is 3.79. The number of hydrogen-bond acceptors (Lipinski definition) is 27. The second-order valence-electron chi connectivity index (χ2n) is 32.5. The van der Waals surface area contributed by atoms with E-state index in [2.05, 4.69) is 65.4 Å². The van der Waals surface area contributed by atoms with Gasteiger partial charge in [-0.1, -0.05) is 37.5 Å². The average molecular weight is 1710 g/mol. The number of nitrogens with one attached hydrogen (secondary N) is 1. The molecule has 4 aliphatic heterocycles.